The molecule has 324 valence electrons. The minimum atomic E-state index is -4.53. The largest absolute Gasteiger partial charge is 0.756 e. The molecule has 0 aromatic rings. The highest BCUT2D eigenvalue weighted by Gasteiger charge is 2.20. The summed E-state index contributed by atoms with van der Waals surface area (Å²) in [5.41, 5.74) is 0. The summed E-state index contributed by atoms with van der Waals surface area (Å²) in [6, 6.07) is 0. The summed E-state index contributed by atoms with van der Waals surface area (Å²) in [6.07, 6.45) is 50.6. The molecular weight excluding hydrogens is 721 g/mol. The van der Waals surface area contributed by atoms with Crippen LogP contribution in [0.1, 0.15) is 162 Å². The number of carbonyl (C=O) groups excluding carboxylic acids is 1. The summed E-state index contributed by atoms with van der Waals surface area (Å²) in [5, 5.41) is 0. The Morgan fingerprint density at radius 2 is 1.04 bits per heavy atom. The number of allylic oxidation sites excluding steroid dienone is 12. The number of hydrogen-bond donors (Lipinski definition) is 0. The van der Waals surface area contributed by atoms with E-state index in [1.165, 1.54) is 57.8 Å². The normalized spacial score (nSPS) is 14.5. The van der Waals surface area contributed by atoms with Crippen molar-refractivity contribution in [1.29, 1.82) is 0 Å². The third-order valence-corrected chi connectivity index (χ3v) is 9.94. The van der Waals surface area contributed by atoms with Gasteiger partial charge in [-0.2, -0.15) is 0 Å². The molecule has 9 heteroatoms. The lowest BCUT2D eigenvalue weighted by molar-refractivity contribution is -0.870. The van der Waals surface area contributed by atoms with Gasteiger partial charge in [-0.15, -0.1) is 0 Å². The van der Waals surface area contributed by atoms with Gasteiger partial charge in [0.25, 0.3) is 7.82 Å². The van der Waals surface area contributed by atoms with Crippen LogP contribution in [-0.2, 0) is 27.9 Å². The number of phosphoric ester groups is 1. The maximum Gasteiger partial charge on any atom is 0.306 e. The fourth-order valence-electron chi connectivity index (χ4n) is 5.57. The maximum atomic E-state index is 12.7. The van der Waals surface area contributed by atoms with E-state index in [4.69, 9.17) is 18.5 Å². The molecule has 0 saturated carbocycles. The lowest BCUT2D eigenvalue weighted by Crippen LogP contribution is -2.37. The molecule has 2 unspecified atom stereocenters. The molecule has 0 heterocycles. The van der Waals surface area contributed by atoms with Crippen molar-refractivity contribution in [2.45, 2.75) is 168 Å². The van der Waals surface area contributed by atoms with Gasteiger partial charge >= 0.3 is 5.97 Å². The van der Waals surface area contributed by atoms with Crippen LogP contribution >= 0.6 is 7.82 Å². The maximum absolute atomic E-state index is 12.7. The summed E-state index contributed by atoms with van der Waals surface area (Å²) in [6.45, 7) is 5.19. The second-order valence-electron chi connectivity index (χ2n) is 15.7. The van der Waals surface area contributed by atoms with Gasteiger partial charge in [0, 0.05) is 13.0 Å². The van der Waals surface area contributed by atoms with Crippen LogP contribution in [0.15, 0.2) is 72.9 Å². The molecular formula is C47H84NO7P. The molecule has 0 aromatic carbocycles. The van der Waals surface area contributed by atoms with Crippen molar-refractivity contribution in [1.82, 2.24) is 0 Å². The van der Waals surface area contributed by atoms with E-state index in [1.54, 1.807) is 0 Å². The van der Waals surface area contributed by atoms with E-state index in [9.17, 15) is 14.3 Å². The molecule has 0 amide bonds. The standard InChI is InChI=1S/C47H84NO7P/c1-6-8-10-12-14-16-18-19-20-21-22-23-24-25-26-27-28-29-30-32-34-36-38-40-47(49)55-46(45-54-56(50,51)53-43-41-48(3,4)5)44-52-42-39-37-35-33-31-17-15-13-11-9-7-2/h8,10-11,13-14,16,19-20,22-23,25-26,46H,6-7,9,12,15,17-18,21,24,27-45H2,1-5H3/b10-8-,13-11-,16-14-,20-19-,23-22-,26-25-. The zero-order chi connectivity index (χ0) is 41.3. The highest BCUT2D eigenvalue weighted by atomic mass is 31.2. The number of nitrogens with zero attached hydrogens (tertiary/aromatic N) is 1. The number of hydrogen-bond acceptors (Lipinski definition) is 7. The van der Waals surface area contributed by atoms with E-state index in [1.807, 2.05) is 21.1 Å². The Labute approximate surface area is 344 Å². The van der Waals surface area contributed by atoms with Crippen molar-refractivity contribution in [3.05, 3.63) is 72.9 Å². The molecule has 0 radical (unpaired) electrons. The van der Waals surface area contributed by atoms with E-state index in [0.29, 0.717) is 24.1 Å². The van der Waals surface area contributed by atoms with Crippen LogP contribution < -0.4 is 4.89 Å². The Morgan fingerprint density at radius 3 is 1.57 bits per heavy atom. The fourth-order valence-corrected chi connectivity index (χ4v) is 6.30. The Balaban J connectivity index is 4.21. The van der Waals surface area contributed by atoms with Gasteiger partial charge in [0.2, 0.25) is 0 Å². The minimum absolute atomic E-state index is 0.0189. The number of likely N-dealkylation sites (N-methyl/N-ethyl adjacent to an activating group) is 1. The molecule has 2 atom stereocenters. The lowest BCUT2D eigenvalue weighted by Gasteiger charge is -2.28. The molecule has 8 nitrogen and oxygen atoms in total. The van der Waals surface area contributed by atoms with E-state index >= 15 is 0 Å². The predicted octanol–water partition coefficient (Wildman–Crippen LogP) is 12.5. The van der Waals surface area contributed by atoms with Crippen molar-refractivity contribution in [3.8, 4) is 0 Å². The summed E-state index contributed by atoms with van der Waals surface area (Å²) in [4.78, 5) is 25.0. The first-order valence-electron chi connectivity index (χ1n) is 22.2. The van der Waals surface area contributed by atoms with Crippen LogP contribution in [0.3, 0.4) is 0 Å². The first-order chi connectivity index (χ1) is 27.1. The molecule has 0 aliphatic rings. The van der Waals surface area contributed by atoms with Crippen LogP contribution in [0.25, 0.3) is 0 Å². The predicted molar refractivity (Wildman–Crippen MR) is 235 cm³/mol. The van der Waals surface area contributed by atoms with E-state index < -0.39 is 13.9 Å². The Morgan fingerprint density at radius 1 is 0.571 bits per heavy atom. The molecule has 0 bridgehead atoms. The molecule has 0 N–H and O–H groups in total. The summed E-state index contributed by atoms with van der Waals surface area (Å²) < 4.78 is 34.5. The number of phosphoric acid groups is 1. The van der Waals surface area contributed by atoms with E-state index in [2.05, 4.69) is 86.8 Å². The number of rotatable bonds is 40. The first-order valence-corrected chi connectivity index (χ1v) is 23.6. The lowest BCUT2D eigenvalue weighted by atomic mass is 10.1. The smallest absolute Gasteiger partial charge is 0.306 e. The molecule has 0 aromatic heterocycles. The van der Waals surface area contributed by atoms with Gasteiger partial charge in [0.1, 0.15) is 19.3 Å². The average molecular weight is 806 g/mol. The van der Waals surface area contributed by atoms with Crippen molar-refractivity contribution >= 4 is 13.8 Å². The van der Waals surface area contributed by atoms with Gasteiger partial charge in [-0.3, -0.25) is 9.36 Å². The van der Waals surface area contributed by atoms with Crippen LogP contribution in [-0.4, -0.2) is 70.7 Å². The van der Waals surface area contributed by atoms with Gasteiger partial charge in [-0.05, 0) is 77.0 Å². The number of carbonyl (C=O) groups is 1. The molecule has 0 saturated heterocycles. The Kier molecular flexibility index (Phi) is 38.3. The summed E-state index contributed by atoms with van der Waals surface area (Å²) >= 11 is 0. The third-order valence-electron chi connectivity index (χ3n) is 8.97. The monoisotopic (exact) mass is 806 g/mol. The van der Waals surface area contributed by atoms with Crippen molar-refractivity contribution < 1.29 is 37.3 Å². The number of esters is 1. The highest BCUT2D eigenvalue weighted by molar-refractivity contribution is 7.45. The SMILES string of the molecule is CC/C=C\C/C=C\C/C=C\C/C=C\C/C=C\CCCCCCCCCC(=O)OC(COCCCCCCCC/C=C\CCC)COP(=O)([O-])OCC[N+](C)(C)C. The number of quaternary nitrogens is 1. The topological polar surface area (TPSA) is 94.1 Å². The molecule has 0 aliphatic carbocycles. The van der Waals surface area contributed by atoms with Gasteiger partial charge < -0.3 is 27.9 Å². The average Bonchev–Trinajstić information content (AvgIpc) is 3.15. The zero-order valence-corrected chi connectivity index (χ0v) is 37.5. The van der Waals surface area contributed by atoms with Gasteiger partial charge in [-0.1, -0.05) is 151 Å². The summed E-state index contributed by atoms with van der Waals surface area (Å²) in [5.74, 6) is -0.351. The van der Waals surface area contributed by atoms with Gasteiger partial charge in [0.15, 0.2) is 0 Å². The van der Waals surface area contributed by atoms with Crippen molar-refractivity contribution in [2.75, 3.05) is 54.1 Å². The molecule has 0 aliphatic heterocycles. The van der Waals surface area contributed by atoms with Crippen molar-refractivity contribution in [3.63, 3.8) is 0 Å². The molecule has 0 rings (SSSR count). The van der Waals surface area contributed by atoms with Crippen LogP contribution in [0.5, 0.6) is 0 Å². The second-order valence-corrected chi connectivity index (χ2v) is 17.1. The Bertz CT molecular complexity index is 1120. The summed E-state index contributed by atoms with van der Waals surface area (Å²) in [7, 11) is 1.33. The third kappa shape index (κ3) is 43.1. The van der Waals surface area contributed by atoms with Crippen LogP contribution in [0.4, 0.5) is 0 Å². The van der Waals surface area contributed by atoms with Crippen LogP contribution in [0, 0.1) is 0 Å². The zero-order valence-electron chi connectivity index (χ0n) is 36.6. The number of unbranched alkanes of at least 4 members (excludes halogenated alkanes) is 14. The quantitative estimate of drug-likeness (QED) is 0.0200. The molecule has 0 spiro atoms. The van der Waals surface area contributed by atoms with E-state index in [-0.39, 0.29) is 25.8 Å². The van der Waals surface area contributed by atoms with Gasteiger partial charge in [0.05, 0.1) is 34.4 Å². The Hall–Kier alpha value is -2.06. The first kappa shape index (κ1) is 53.9. The van der Waals surface area contributed by atoms with E-state index in [0.717, 1.165) is 83.5 Å². The minimum Gasteiger partial charge on any atom is -0.756 e. The molecule has 56 heavy (non-hydrogen) atoms. The highest BCUT2D eigenvalue weighted by Crippen LogP contribution is 2.38. The second kappa shape index (κ2) is 39.8. The van der Waals surface area contributed by atoms with Crippen LogP contribution in [0.2, 0.25) is 0 Å². The number of ether oxygens (including phenoxy) is 2. The fraction of sp³-hybridized carbons (Fsp3) is 0.723. The molecule has 0 fully saturated rings. The van der Waals surface area contributed by atoms with Crippen molar-refractivity contribution in [2.24, 2.45) is 0 Å². The van der Waals surface area contributed by atoms with Gasteiger partial charge in [-0.25, -0.2) is 0 Å².